The summed E-state index contributed by atoms with van der Waals surface area (Å²) in [6.45, 7) is 8.39. The third-order valence-corrected chi connectivity index (χ3v) is 5.95. The van der Waals surface area contributed by atoms with Crippen LogP contribution in [-0.4, -0.2) is 28.6 Å². The highest BCUT2D eigenvalue weighted by atomic mass is 32.1. The third kappa shape index (κ3) is 3.77. The molecule has 3 rings (SSSR count). The number of amides is 2. The largest absolute Gasteiger partial charge is 0.312 e. The Morgan fingerprint density at radius 3 is 2.85 bits per heavy atom. The maximum atomic E-state index is 12.4. The predicted molar refractivity (Wildman–Crippen MR) is 104 cm³/mol. The zero-order valence-electron chi connectivity index (χ0n) is 15.6. The number of hydrogen-bond acceptors (Lipinski definition) is 5. The van der Waals surface area contributed by atoms with E-state index in [0.29, 0.717) is 18.1 Å². The summed E-state index contributed by atoms with van der Waals surface area (Å²) in [4.78, 5) is 26.5. The lowest BCUT2D eigenvalue weighted by Crippen LogP contribution is -2.29. The summed E-state index contributed by atoms with van der Waals surface area (Å²) >= 11 is 1.35. The molecule has 0 aliphatic carbocycles. The first-order valence-electron chi connectivity index (χ1n) is 8.82. The van der Waals surface area contributed by atoms with Crippen LogP contribution in [0.3, 0.4) is 0 Å². The third-order valence-electron chi connectivity index (χ3n) is 4.95. The molecule has 1 saturated heterocycles. The molecule has 0 saturated carbocycles. The Hall–Kier alpha value is -2.28. The summed E-state index contributed by atoms with van der Waals surface area (Å²) in [7, 11) is 0. The lowest BCUT2D eigenvalue weighted by molar-refractivity contribution is -0.124. The molecule has 0 radical (unpaired) electrons. The van der Waals surface area contributed by atoms with E-state index >= 15 is 0 Å². The predicted octanol–water partition coefficient (Wildman–Crippen LogP) is 3.74. The van der Waals surface area contributed by atoms with Gasteiger partial charge in [0, 0.05) is 30.0 Å². The fraction of sp³-hybridized carbons (Fsp3) is 0.474. The summed E-state index contributed by atoms with van der Waals surface area (Å²) in [6, 6.07) is 7.93. The van der Waals surface area contributed by atoms with Crippen LogP contribution in [0.15, 0.2) is 24.3 Å². The first kappa shape index (κ1) is 18.5. The van der Waals surface area contributed by atoms with E-state index in [9.17, 15) is 9.59 Å². The Kier molecular flexibility index (Phi) is 5.09. The van der Waals surface area contributed by atoms with Gasteiger partial charge in [-0.25, -0.2) is 0 Å². The summed E-state index contributed by atoms with van der Waals surface area (Å²) < 4.78 is 0. The minimum atomic E-state index is -0.447. The maximum absolute atomic E-state index is 12.4. The minimum absolute atomic E-state index is 0.00495. The second-order valence-electron chi connectivity index (χ2n) is 7.38. The van der Waals surface area contributed by atoms with Gasteiger partial charge in [-0.3, -0.25) is 9.59 Å². The first-order valence-corrected chi connectivity index (χ1v) is 9.63. The molecule has 2 aromatic rings. The quantitative estimate of drug-likeness (QED) is 0.867. The van der Waals surface area contributed by atoms with Crippen LogP contribution < -0.4 is 10.2 Å². The molecule has 6 nitrogen and oxygen atoms in total. The Balaban J connectivity index is 1.71. The minimum Gasteiger partial charge on any atom is -0.312 e. The van der Waals surface area contributed by atoms with Gasteiger partial charge >= 0.3 is 0 Å². The molecule has 7 heteroatoms. The van der Waals surface area contributed by atoms with E-state index in [-0.39, 0.29) is 17.7 Å². The lowest BCUT2D eigenvalue weighted by Gasteiger charge is -2.20. The molecular weight excluding hydrogens is 348 g/mol. The van der Waals surface area contributed by atoms with Gasteiger partial charge in [-0.15, -0.1) is 10.2 Å². The number of anilines is 2. The van der Waals surface area contributed by atoms with Crippen molar-refractivity contribution < 1.29 is 9.59 Å². The van der Waals surface area contributed by atoms with Gasteiger partial charge in [0.05, 0.1) is 0 Å². The summed E-state index contributed by atoms with van der Waals surface area (Å²) in [5.74, 6) is 0.0328. The van der Waals surface area contributed by atoms with Crippen molar-refractivity contribution in [1.29, 1.82) is 0 Å². The number of carbonyl (C=O) groups excluding carboxylic acids is 2. The monoisotopic (exact) mass is 372 g/mol. The van der Waals surface area contributed by atoms with E-state index in [1.807, 2.05) is 52.0 Å². The van der Waals surface area contributed by atoms with Crippen molar-refractivity contribution in [1.82, 2.24) is 10.2 Å². The smallest absolute Gasteiger partial charge is 0.231 e. The molecule has 1 aromatic heterocycles. The number of aromatic nitrogens is 2. The van der Waals surface area contributed by atoms with Crippen molar-refractivity contribution in [2.75, 3.05) is 16.8 Å². The SMILES string of the molecule is CCC(C)(C)C(=O)Nc1nnc(C2CC(=O)N(c3cccc(C)c3)C2)s1. The number of rotatable bonds is 5. The Labute approximate surface area is 157 Å². The van der Waals surface area contributed by atoms with Crippen LogP contribution in [0.2, 0.25) is 0 Å². The zero-order valence-corrected chi connectivity index (χ0v) is 16.4. The second kappa shape index (κ2) is 7.15. The van der Waals surface area contributed by atoms with Crippen LogP contribution in [0.5, 0.6) is 0 Å². The molecule has 1 aromatic carbocycles. The van der Waals surface area contributed by atoms with Gasteiger partial charge in [-0.1, -0.05) is 44.2 Å². The van der Waals surface area contributed by atoms with E-state index in [1.54, 1.807) is 4.90 Å². The zero-order chi connectivity index (χ0) is 18.9. The molecule has 1 aliphatic heterocycles. The molecule has 1 unspecified atom stereocenters. The van der Waals surface area contributed by atoms with Gasteiger partial charge in [0.1, 0.15) is 5.01 Å². The van der Waals surface area contributed by atoms with Crippen LogP contribution in [0.4, 0.5) is 10.8 Å². The molecule has 26 heavy (non-hydrogen) atoms. The number of nitrogens with zero attached hydrogens (tertiary/aromatic N) is 3. The van der Waals surface area contributed by atoms with Crippen molar-refractivity contribution in [3.8, 4) is 0 Å². The van der Waals surface area contributed by atoms with Gasteiger partial charge in [0.2, 0.25) is 16.9 Å². The van der Waals surface area contributed by atoms with E-state index in [0.717, 1.165) is 22.7 Å². The van der Waals surface area contributed by atoms with Crippen molar-refractivity contribution in [3.63, 3.8) is 0 Å². The van der Waals surface area contributed by atoms with Gasteiger partial charge in [-0.05, 0) is 31.0 Å². The van der Waals surface area contributed by atoms with E-state index < -0.39 is 5.41 Å². The molecule has 1 N–H and O–H groups in total. The summed E-state index contributed by atoms with van der Waals surface area (Å²) in [5, 5.41) is 12.4. The van der Waals surface area contributed by atoms with E-state index in [1.165, 1.54) is 11.3 Å². The molecule has 0 bridgehead atoms. The first-order chi connectivity index (χ1) is 12.3. The average molecular weight is 372 g/mol. The number of nitrogens with one attached hydrogen (secondary N) is 1. The van der Waals surface area contributed by atoms with Crippen molar-refractivity contribution in [2.45, 2.75) is 46.5 Å². The van der Waals surface area contributed by atoms with E-state index in [4.69, 9.17) is 0 Å². The molecule has 2 heterocycles. The van der Waals surface area contributed by atoms with Crippen molar-refractivity contribution in [2.24, 2.45) is 5.41 Å². The van der Waals surface area contributed by atoms with Crippen LogP contribution >= 0.6 is 11.3 Å². The maximum Gasteiger partial charge on any atom is 0.231 e. The molecule has 2 amide bonds. The molecule has 1 aliphatic rings. The van der Waals surface area contributed by atoms with Crippen molar-refractivity contribution >= 4 is 34.0 Å². The fourth-order valence-corrected chi connectivity index (χ4v) is 3.62. The van der Waals surface area contributed by atoms with Crippen LogP contribution in [-0.2, 0) is 9.59 Å². The number of benzene rings is 1. The van der Waals surface area contributed by atoms with Crippen LogP contribution in [0, 0.1) is 12.3 Å². The molecule has 0 spiro atoms. The highest BCUT2D eigenvalue weighted by Crippen LogP contribution is 2.35. The van der Waals surface area contributed by atoms with Crippen LogP contribution in [0.1, 0.15) is 50.1 Å². The molecule has 1 atom stereocenters. The lowest BCUT2D eigenvalue weighted by atomic mass is 9.89. The highest BCUT2D eigenvalue weighted by Gasteiger charge is 2.34. The topological polar surface area (TPSA) is 75.2 Å². The van der Waals surface area contributed by atoms with Crippen LogP contribution in [0.25, 0.3) is 0 Å². The number of carbonyl (C=O) groups is 2. The number of aryl methyl sites for hydroxylation is 1. The second-order valence-corrected chi connectivity index (χ2v) is 8.39. The molecule has 1 fully saturated rings. The standard InChI is InChI=1S/C19H24N4O2S/c1-5-19(3,4)17(25)20-18-22-21-16(26-18)13-10-15(24)23(11-13)14-8-6-7-12(2)9-14/h6-9,13H,5,10-11H2,1-4H3,(H,20,22,25). The fourth-order valence-electron chi connectivity index (χ4n) is 2.80. The summed E-state index contributed by atoms with van der Waals surface area (Å²) in [5.41, 5.74) is 1.59. The van der Waals surface area contributed by atoms with Gasteiger partial charge in [0.25, 0.3) is 0 Å². The molecular formula is C19H24N4O2S. The van der Waals surface area contributed by atoms with E-state index in [2.05, 4.69) is 15.5 Å². The Morgan fingerprint density at radius 1 is 1.38 bits per heavy atom. The Bertz CT molecular complexity index is 830. The van der Waals surface area contributed by atoms with Gasteiger partial charge in [0.15, 0.2) is 0 Å². The van der Waals surface area contributed by atoms with Crippen molar-refractivity contribution in [3.05, 3.63) is 34.8 Å². The summed E-state index contributed by atoms with van der Waals surface area (Å²) in [6.07, 6.45) is 1.16. The van der Waals surface area contributed by atoms with Gasteiger partial charge < -0.3 is 10.2 Å². The Morgan fingerprint density at radius 2 is 2.15 bits per heavy atom. The highest BCUT2D eigenvalue weighted by molar-refractivity contribution is 7.15. The molecule has 138 valence electrons. The van der Waals surface area contributed by atoms with Gasteiger partial charge in [-0.2, -0.15) is 0 Å². The average Bonchev–Trinajstić information content (AvgIpc) is 3.21. The number of hydrogen-bond donors (Lipinski definition) is 1. The normalized spacial score (nSPS) is 17.6.